The lowest BCUT2D eigenvalue weighted by atomic mass is 9.85. The summed E-state index contributed by atoms with van der Waals surface area (Å²) in [4.78, 5) is 2.67. The molecule has 2 rings (SSSR count). The molecule has 2 fully saturated rings. The van der Waals surface area contributed by atoms with Gasteiger partial charge in [0.2, 0.25) is 0 Å². The summed E-state index contributed by atoms with van der Waals surface area (Å²) in [7, 11) is 0. The van der Waals surface area contributed by atoms with Gasteiger partial charge >= 0.3 is 0 Å². The minimum Gasteiger partial charge on any atom is -0.302 e. The highest BCUT2D eigenvalue weighted by Gasteiger charge is 2.42. The summed E-state index contributed by atoms with van der Waals surface area (Å²) in [6, 6.07) is 0. The predicted octanol–water partition coefficient (Wildman–Crippen LogP) is 2.93. The third-order valence-corrected chi connectivity index (χ3v) is 4.35. The Balaban J connectivity index is 1.89. The monoisotopic (exact) mass is 293 g/mol. The van der Waals surface area contributed by atoms with E-state index in [0.717, 1.165) is 11.3 Å². The van der Waals surface area contributed by atoms with Crippen molar-refractivity contribution in [2.24, 2.45) is 11.3 Å². The molecular formula is C11H20IN. The number of alkyl halides is 1. The Labute approximate surface area is 95.4 Å². The average Bonchev–Trinajstić information content (AvgIpc) is 2.62. The largest absolute Gasteiger partial charge is 0.302 e. The van der Waals surface area contributed by atoms with Crippen LogP contribution in [0.3, 0.4) is 0 Å². The summed E-state index contributed by atoms with van der Waals surface area (Å²) in [6.45, 7) is 6.52. The molecule has 76 valence electrons. The molecule has 0 amide bonds. The first-order valence-corrected chi connectivity index (χ1v) is 7.05. The number of rotatable bonds is 2. The Morgan fingerprint density at radius 1 is 1.46 bits per heavy atom. The van der Waals surface area contributed by atoms with Gasteiger partial charge in [0.1, 0.15) is 0 Å². The first-order chi connectivity index (χ1) is 6.24. The molecule has 1 saturated heterocycles. The Bertz CT molecular complexity index is 183. The van der Waals surface area contributed by atoms with E-state index < -0.39 is 0 Å². The van der Waals surface area contributed by atoms with Gasteiger partial charge in [-0.3, -0.25) is 0 Å². The second-order valence-corrected chi connectivity index (χ2v) is 6.14. The van der Waals surface area contributed by atoms with E-state index in [9.17, 15) is 0 Å². The zero-order chi connectivity index (χ0) is 9.31. The molecule has 1 heterocycles. The predicted molar refractivity (Wildman–Crippen MR) is 65.4 cm³/mol. The minimum absolute atomic E-state index is 0.755. The summed E-state index contributed by atoms with van der Waals surface area (Å²) in [5.41, 5.74) is 0.755. The highest BCUT2D eigenvalue weighted by atomic mass is 127. The molecule has 1 saturated carbocycles. The van der Waals surface area contributed by atoms with E-state index in [1.807, 2.05) is 0 Å². The van der Waals surface area contributed by atoms with Crippen LogP contribution in [0, 0.1) is 11.3 Å². The molecule has 0 bridgehead atoms. The van der Waals surface area contributed by atoms with Crippen LogP contribution in [0.1, 0.15) is 32.6 Å². The molecule has 1 aliphatic heterocycles. The van der Waals surface area contributed by atoms with Gasteiger partial charge in [-0.05, 0) is 37.1 Å². The van der Waals surface area contributed by atoms with Crippen LogP contribution >= 0.6 is 22.6 Å². The van der Waals surface area contributed by atoms with Crippen molar-refractivity contribution < 1.29 is 0 Å². The van der Waals surface area contributed by atoms with Crippen LogP contribution in [-0.4, -0.2) is 29.0 Å². The maximum Gasteiger partial charge on any atom is 0.0123 e. The Kier molecular flexibility index (Phi) is 3.18. The summed E-state index contributed by atoms with van der Waals surface area (Å²) in [5, 5.41) is 0. The minimum atomic E-state index is 0.755. The van der Waals surface area contributed by atoms with E-state index in [-0.39, 0.29) is 0 Å². The highest BCUT2D eigenvalue weighted by Crippen LogP contribution is 2.47. The topological polar surface area (TPSA) is 3.24 Å². The van der Waals surface area contributed by atoms with Crippen LogP contribution in [0.15, 0.2) is 0 Å². The standard InChI is InChI=1S/C11H20IN/c1-10-2-3-11(8-10)4-6-13(9-11)7-5-12/h10H,2-9H2,1H3. The van der Waals surface area contributed by atoms with Gasteiger partial charge in [0.05, 0.1) is 0 Å². The van der Waals surface area contributed by atoms with Crippen molar-refractivity contribution in [3.63, 3.8) is 0 Å². The van der Waals surface area contributed by atoms with Crippen LogP contribution in [0.2, 0.25) is 0 Å². The highest BCUT2D eigenvalue weighted by molar-refractivity contribution is 14.1. The lowest BCUT2D eigenvalue weighted by molar-refractivity contribution is 0.265. The Morgan fingerprint density at radius 2 is 2.31 bits per heavy atom. The molecule has 1 aliphatic carbocycles. The number of nitrogens with zero attached hydrogens (tertiary/aromatic N) is 1. The zero-order valence-electron chi connectivity index (χ0n) is 8.56. The second kappa shape index (κ2) is 4.05. The van der Waals surface area contributed by atoms with Gasteiger partial charge in [0.15, 0.2) is 0 Å². The number of likely N-dealkylation sites (tertiary alicyclic amines) is 1. The molecule has 0 aromatic carbocycles. The van der Waals surface area contributed by atoms with Crippen molar-refractivity contribution in [2.75, 3.05) is 24.1 Å². The Morgan fingerprint density at radius 3 is 2.92 bits per heavy atom. The second-order valence-electron chi connectivity index (χ2n) is 5.06. The van der Waals surface area contributed by atoms with E-state index in [1.165, 1.54) is 49.7 Å². The zero-order valence-corrected chi connectivity index (χ0v) is 10.7. The summed E-state index contributed by atoms with van der Waals surface area (Å²) in [6.07, 6.45) is 5.97. The van der Waals surface area contributed by atoms with Crippen LogP contribution < -0.4 is 0 Å². The molecule has 0 radical (unpaired) electrons. The van der Waals surface area contributed by atoms with Gasteiger partial charge in [0.25, 0.3) is 0 Å². The fourth-order valence-corrected chi connectivity index (χ4v) is 3.89. The average molecular weight is 293 g/mol. The van der Waals surface area contributed by atoms with Crippen molar-refractivity contribution in [3.05, 3.63) is 0 Å². The molecule has 2 unspecified atom stereocenters. The quantitative estimate of drug-likeness (QED) is 0.559. The molecule has 2 aliphatic rings. The van der Waals surface area contributed by atoms with Gasteiger partial charge in [-0.25, -0.2) is 0 Å². The summed E-state index contributed by atoms with van der Waals surface area (Å²) >= 11 is 2.49. The van der Waals surface area contributed by atoms with Crippen LogP contribution in [-0.2, 0) is 0 Å². The smallest absolute Gasteiger partial charge is 0.0123 e. The number of hydrogen-bond acceptors (Lipinski definition) is 1. The third kappa shape index (κ3) is 2.20. The fraction of sp³-hybridized carbons (Fsp3) is 1.00. The first kappa shape index (κ1) is 10.2. The molecule has 13 heavy (non-hydrogen) atoms. The molecule has 2 atom stereocenters. The molecule has 0 aromatic rings. The van der Waals surface area contributed by atoms with Crippen LogP contribution in [0.5, 0.6) is 0 Å². The number of halogens is 1. The lowest BCUT2D eigenvalue weighted by Gasteiger charge is -2.23. The van der Waals surface area contributed by atoms with E-state index in [2.05, 4.69) is 34.4 Å². The van der Waals surface area contributed by atoms with E-state index in [1.54, 1.807) is 0 Å². The summed E-state index contributed by atoms with van der Waals surface area (Å²) in [5.74, 6) is 1.000. The van der Waals surface area contributed by atoms with Gasteiger partial charge in [0, 0.05) is 17.5 Å². The third-order valence-electron chi connectivity index (χ3n) is 3.87. The van der Waals surface area contributed by atoms with Crippen molar-refractivity contribution in [1.82, 2.24) is 4.90 Å². The van der Waals surface area contributed by atoms with Gasteiger partial charge in [-0.15, -0.1) is 0 Å². The molecule has 1 nitrogen and oxygen atoms in total. The van der Waals surface area contributed by atoms with E-state index >= 15 is 0 Å². The van der Waals surface area contributed by atoms with Crippen molar-refractivity contribution in [2.45, 2.75) is 32.6 Å². The van der Waals surface area contributed by atoms with Crippen molar-refractivity contribution >= 4 is 22.6 Å². The van der Waals surface area contributed by atoms with Gasteiger partial charge < -0.3 is 4.90 Å². The van der Waals surface area contributed by atoms with E-state index in [4.69, 9.17) is 0 Å². The van der Waals surface area contributed by atoms with Crippen LogP contribution in [0.25, 0.3) is 0 Å². The molecule has 1 spiro atoms. The van der Waals surface area contributed by atoms with Gasteiger partial charge in [-0.1, -0.05) is 35.9 Å². The molecule has 0 N–H and O–H groups in total. The Hall–Kier alpha value is 0.690. The normalized spacial score (nSPS) is 40.6. The van der Waals surface area contributed by atoms with Gasteiger partial charge in [-0.2, -0.15) is 0 Å². The maximum atomic E-state index is 2.67. The number of hydrogen-bond donors (Lipinski definition) is 0. The maximum absolute atomic E-state index is 2.67. The van der Waals surface area contributed by atoms with Crippen LogP contribution in [0.4, 0.5) is 0 Å². The van der Waals surface area contributed by atoms with E-state index in [0.29, 0.717) is 0 Å². The molecule has 0 aromatic heterocycles. The molecule has 2 heteroatoms. The van der Waals surface area contributed by atoms with Crippen molar-refractivity contribution in [3.8, 4) is 0 Å². The first-order valence-electron chi connectivity index (χ1n) is 5.52. The molecular weight excluding hydrogens is 273 g/mol. The fourth-order valence-electron chi connectivity index (χ4n) is 3.20. The lowest BCUT2D eigenvalue weighted by Crippen LogP contribution is -2.26. The summed E-state index contributed by atoms with van der Waals surface area (Å²) < 4.78 is 1.30. The SMILES string of the molecule is CC1CCC2(CCN(CCI)C2)C1. The van der Waals surface area contributed by atoms with Crippen molar-refractivity contribution in [1.29, 1.82) is 0 Å².